The molecule has 31 heavy (non-hydrogen) atoms. The lowest BCUT2D eigenvalue weighted by Gasteiger charge is -2.36. The smallest absolute Gasteiger partial charge is 0.323 e. The molecule has 2 aromatic carbocycles. The quantitative estimate of drug-likeness (QED) is 0.599. The number of piperazine rings is 1. The van der Waals surface area contributed by atoms with Crippen molar-refractivity contribution in [1.29, 1.82) is 0 Å². The van der Waals surface area contributed by atoms with E-state index in [1.165, 1.54) is 6.07 Å². The molecule has 1 saturated heterocycles. The van der Waals surface area contributed by atoms with Crippen molar-refractivity contribution in [3.63, 3.8) is 0 Å². The van der Waals surface area contributed by atoms with Crippen LogP contribution in [0.4, 0.5) is 35.4 Å². The van der Waals surface area contributed by atoms with Gasteiger partial charge < -0.3 is 25.8 Å². The van der Waals surface area contributed by atoms with Crippen molar-refractivity contribution in [3.05, 3.63) is 54.1 Å². The molecular weight excluding hydrogens is 404 g/mol. The second kappa shape index (κ2) is 10.6. The van der Waals surface area contributed by atoms with Gasteiger partial charge in [-0.15, -0.1) is 0 Å². The molecule has 0 aromatic heterocycles. The molecule has 3 rings (SSSR count). The fourth-order valence-electron chi connectivity index (χ4n) is 3.27. The Morgan fingerprint density at radius 2 is 1.55 bits per heavy atom. The molecule has 1 aliphatic rings. The maximum Gasteiger partial charge on any atom is 0.323 e. The van der Waals surface area contributed by atoms with E-state index >= 15 is 0 Å². The van der Waals surface area contributed by atoms with E-state index in [1.54, 1.807) is 12.1 Å². The van der Waals surface area contributed by atoms with Crippen molar-refractivity contribution in [1.82, 2.24) is 10.2 Å². The van der Waals surface area contributed by atoms with Gasteiger partial charge >= 0.3 is 12.1 Å². The predicted octanol–water partition coefficient (Wildman–Crippen LogP) is 4.24. The van der Waals surface area contributed by atoms with E-state index in [9.17, 15) is 18.4 Å². The summed E-state index contributed by atoms with van der Waals surface area (Å²) in [5.74, 6) is -2.00. The van der Waals surface area contributed by atoms with Crippen molar-refractivity contribution in [2.45, 2.75) is 19.8 Å². The Morgan fingerprint density at radius 1 is 0.903 bits per heavy atom. The lowest BCUT2D eigenvalue weighted by molar-refractivity contribution is 0.194. The molecule has 1 fully saturated rings. The van der Waals surface area contributed by atoms with Crippen LogP contribution in [0.15, 0.2) is 42.5 Å². The molecule has 166 valence electrons. The molecule has 1 heterocycles. The van der Waals surface area contributed by atoms with Crippen molar-refractivity contribution in [2.75, 3.05) is 48.3 Å². The van der Waals surface area contributed by atoms with Gasteiger partial charge in [0.1, 0.15) is 0 Å². The molecule has 0 bridgehead atoms. The number of rotatable bonds is 6. The summed E-state index contributed by atoms with van der Waals surface area (Å²) < 4.78 is 26.2. The van der Waals surface area contributed by atoms with Crippen LogP contribution in [0.25, 0.3) is 0 Å². The van der Waals surface area contributed by atoms with Gasteiger partial charge in [-0.3, -0.25) is 0 Å². The number of unbranched alkanes of at least 4 members (excludes halogenated alkanes) is 1. The van der Waals surface area contributed by atoms with E-state index in [2.05, 4.69) is 27.8 Å². The van der Waals surface area contributed by atoms with Gasteiger partial charge in [-0.1, -0.05) is 13.3 Å². The lowest BCUT2D eigenvalue weighted by atomic mass is 10.2. The first-order valence-electron chi connectivity index (χ1n) is 10.4. The summed E-state index contributed by atoms with van der Waals surface area (Å²) in [7, 11) is 0. The van der Waals surface area contributed by atoms with E-state index < -0.39 is 17.7 Å². The molecule has 3 N–H and O–H groups in total. The molecule has 7 nitrogen and oxygen atoms in total. The Bertz CT molecular complexity index is 899. The Morgan fingerprint density at radius 3 is 2.19 bits per heavy atom. The molecule has 0 spiro atoms. The number of amides is 4. The van der Waals surface area contributed by atoms with Gasteiger partial charge in [0, 0.05) is 55.9 Å². The van der Waals surface area contributed by atoms with Crippen LogP contribution in [0.1, 0.15) is 19.8 Å². The van der Waals surface area contributed by atoms with Crippen molar-refractivity contribution in [3.8, 4) is 0 Å². The molecule has 1 aliphatic heterocycles. The number of nitrogens with zero attached hydrogens (tertiary/aromatic N) is 2. The molecule has 2 aromatic rings. The number of hydrogen-bond acceptors (Lipinski definition) is 3. The molecule has 0 aliphatic carbocycles. The van der Waals surface area contributed by atoms with Crippen molar-refractivity contribution in [2.24, 2.45) is 0 Å². The second-order valence-electron chi connectivity index (χ2n) is 7.31. The number of halogens is 2. The third kappa shape index (κ3) is 6.31. The number of benzene rings is 2. The maximum atomic E-state index is 13.2. The van der Waals surface area contributed by atoms with Crippen LogP contribution >= 0.6 is 0 Å². The SMILES string of the molecule is CCCCNC(=O)N1CCN(c2ccc(NC(=O)Nc3ccc(F)c(F)c3)cc2)CC1. The number of urea groups is 2. The summed E-state index contributed by atoms with van der Waals surface area (Å²) in [5, 5.41) is 8.05. The standard InChI is InChI=1S/C22H27F2N5O2/c1-2-3-10-25-22(31)29-13-11-28(12-14-29)18-7-4-16(5-8-18)26-21(30)27-17-6-9-19(23)20(24)15-17/h4-9,15H,2-3,10-14H2,1H3,(H,25,31)(H2,26,27,30). The normalized spacial score (nSPS) is 13.6. The van der Waals surface area contributed by atoms with Crippen molar-refractivity contribution < 1.29 is 18.4 Å². The first kappa shape index (κ1) is 22.3. The Kier molecular flexibility index (Phi) is 7.64. The Labute approximate surface area is 180 Å². The van der Waals surface area contributed by atoms with Crippen LogP contribution in [-0.4, -0.2) is 49.7 Å². The topological polar surface area (TPSA) is 76.7 Å². The van der Waals surface area contributed by atoms with Gasteiger partial charge in [-0.2, -0.15) is 0 Å². The molecule has 0 saturated carbocycles. The molecule has 4 amide bonds. The van der Waals surface area contributed by atoms with Gasteiger partial charge in [-0.05, 0) is 42.8 Å². The minimum atomic E-state index is -1.03. The number of carbonyl (C=O) groups is 2. The van der Waals surface area contributed by atoms with E-state index in [-0.39, 0.29) is 11.7 Å². The largest absolute Gasteiger partial charge is 0.368 e. The average molecular weight is 431 g/mol. The van der Waals surface area contributed by atoms with Gasteiger partial charge in [0.25, 0.3) is 0 Å². The summed E-state index contributed by atoms with van der Waals surface area (Å²) >= 11 is 0. The molecule has 0 atom stereocenters. The van der Waals surface area contributed by atoms with Crippen LogP contribution in [0.5, 0.6) is 0 Å². The van der Waals surface area contributed by atoms with Gasteiger partial charge in [0.2, 0.25) is 0 Å². The zero-order valence-electron chi connectivity index (χ0n) is 17.5. The summed E-state index contributed by atoms with van der Waals surface area (Å²) in [5.41, 5.74) is 1.72. The van der Waals surface area contributed by atoms with Crippen LogP contribution in [0.2, 0.25) is 0 Å². The summed E-state index contributed by atoms with van der Waals surface area (Å²) in [6.07, 6.45) is 2.02. The van der Waals surface area contributed by atoms with Crippen LogP contribution in [-0.2, 0) is 0 Å². The maximum absolute atomic E-state index is 13.2. The van der Waals surface area contributed by atoms with Crippen molar-refractivity contribution >= 4 is 29.1 Å². The third-order valence-corrected chi connectivity index (χ3v) is 5.04. The Hall–Kier alpha value is -3.36. The van der Waals surface area contributed by atoms with Gasteiger partial charge in [0.15, 0.2) is 11.6 Å². The van der Waals surface area contributed by atoms with Crippen LogP contribution in [0.3, 0.4) is 0 Å². The molecular formula is C22H27F2N5O2. The third-order valence-electron chi connectivity index (χ3n) is 5.04. The minimum Gasteiger partial charge on any atom is -0.368 e. The monoisotopic (exact) mass is 431 g/mol. The fourth-order valence-corrected chi connectivity index (χ4v) is 3.27. The highest BCUT2D eigenvalue weighted by Gasteiger charge is 2.21. The lowest BCUT2D eigenvalue weighted by Crippen LogP contribution is -2.52. The van der Waals surface area contributed by atoms with Crippen LogP contribution in [0, 0.1) is 11.6 Å². The highest BCUT2D eigenvalue weighted by molar-refractivity contribution is 5.99. The molecule has 9 heteroatoms. The number of hydrogen-bond donors (Lipinski definition) is 3. The number of carbonyl (C=O) groups excluding carboxylic acids is 2. The first-order chi connectivity index (χ1) is 15.0. The van der Waals surface area contributed by atoms with E-state index in [1.807, 2.05) is 17.0 Å². The van der Waals surface area contributed by atoms with Gasteiger partial charge in [0.05, 0.1) is 0 Å². The zero-order chi connectivity index (χ0) is 22.2. The highest BCUT2D eigenvalue weighted by Crippen LogP contribution is 2.20. The van der Waals surface area contributed by atoms with E-state index in [0.717, 1.165) is 43.8 Å². The highest BCUT2D eigenvalue weighted by atomic mass is 19.2. The average Bonchev–Trinajstić information content (AvgIpc) is 2.77. The predicted molar refractivity (Wildman–Crippen MR) is 118 cm³/mol. The van der Waals surface area contributed by atoms with Gasteiger partial charge in [-0.25, -0.2) is 18.4 Å². The van der Waals surface area contributed by atoms with E-state index in [0.29, 0.717) is 25.3 Å². The fraction of sp³-hybridized carbons (Fsp3) is 0.364. The number of anilines is 3. The molecule has 0 unspecified atom stereocenters. The summed E-state index contributed by atoms with van der Waals surface area (Å²) in [6, 6.07) is 9.91. The number of nitrogens with one attached hydrogen (secondary N) is 3. The summed E-state index contributed by atoms with van der Waals surface area (Å²) in [6.45, 7) is 5.54. The second-order valence-corrected chi connectivity index (χ2v) is 7.31. The first-order valence-corrected chi connectivity index (χ1v) is 10.4. The Balaban J connectivity index is 1.47. The summed E-state index contributed by atoms with van der Waals surface area (Å²) in [4.78, 5) is 28.2. The molecule has 0 radical (unpaired) electrons. The van der Waals surface area contributed by atoms with E-state index in [4.69, 9.17) is 0 Å². The van der Waals surface area contributed by atoms with Crippen LogP contribution < -0.4 is 20.9 Å². The zero-order valence-corrected chi connectivity index (χ0v) is 17.5. The minimum absolute atomic E-state index is 0.0142.